The first-order valence-electron chi connectivity index (χ1n) is 8.45. The van der Waals surface area contributed by atoms with E-state index < -0.39 is 5.97 Å². The molecule has 0 spiro atoms. The Morgan fingerprint density at radius 1 is 1.19 bits per heavy atom. The molecule has 1 aromatic carbocycles. The Balaban J connectivity index is 1.92. The molecule has 0 amide bonds. The number of pyridine rings is 1. The number of esters is 1. The summed E-state index contributed by atoms with van der Waals surface area (Å²) >= 11 is 0. The highest BCUT2D eigenvalue weighted by Crippen LogP contribution is 2.35. The van der Waals surface area contributed by atoms with Crippen molar-refractivity contribution < 1.29 is 19.0 Å². The molecule has 4 rings (SSSR count). The molecule has 134 valence electrons. The molecule has 0 radical (unpaired) electrons. The Kier molecular flexibility index (Phi) is 3.99. The number of benzene rings is 1. The van der Waals surface area contributed by atoms with Crippen molar-refractivity contribution in [3.8, 4) is 22.8 Å². The van der Waals surface area contributed by atoms with Crippen LogP contribution in [0.5, 0.6) is 11.5 Å². The van der Waals surface area contributed by atoms with Gasteiger partial charge in [0.05, 0.1) is 30.0 Å². The number of carbonyl (C=O) groups excluding carboxylic acids is 1. The van der Waals surface area contributed by atoms with E-state index >= 15 is 0 Å². The number of hydrogen-bond donors (Lipinski definition) is 0. The fourth-order valence-electron chi connectivity index (χ4n) is 3.03. The van der Waals surface area contributed by atoms with Crippen molar-refractivity contribution in [2.45, 2.75) is 19.9 Å². The highest BCUT2D eigenvalue weighted by atomic mass is 16.6. The van der Waals surface area contributed by atoms with Crippen LogP contribution in [0.2, 0.25) is 0 Å². The summed E-state index contributed by atoms with van der Waals surface area (Å²) in [7, 11) is 1.37. The molecular weight excluding hydrogens is 334 g/mol. The van der Waals surface area contributed by atoms with Gasteiger partial charge < -0.3 is 14.2 Å². The molecule has 3 heterocycles. The SMILES string of the molecule is COC(=O)c1cc(-c2ccc3c(c2)OCCO3)nc2c1cnn2C(C)C. The molecule has 1 aliphatic heterocycles. The van der Waals surface area contributed by atoms with Gasteiger partial charge in [-0.1, -0.05) is 0 Å². The summed E-state index contributed by atoms with van der Waals surface area (Å²) in [6.07, 6.45) is 1.65. The number of ether oxygens (including phenoxy) is 3. The molecule has 0 unspecified atom stereocenters. The third kappa shape index (κ3) is 2.65. The van der Waals surface area contributed by atoms with Crippen LogP contribution in [0.25, 0.3) is 22.3 Å². The van der Waals surface area contributed by atoms with Gasteiger partial charge in [0.1, 0.15) is 13.2 Å². The smallest absolute Gasteiger partial charge is 0.338 e. The summed E-state index contributed by atoms with van der Waals surface area (Å²) < 4.78 is 18.0. The van der Waals surface area contributed by atoms with E-state index in [0.717, 1.165) is 5.56 Å². The largest absolute Gasteiger partial charge is 0.486 e. The third-order valence-corrected chi connectivity index (χ3v) is 4.30. The number of fused-ring (bicyclic) bond motifs is 2. The van der Waals surface area contributed by atoms with Crippen molar-refractivity contribution in [3.05, 3.63) is 36.0 Å². The van der Waals surface area contributed by atoms with E-state index in [1.807, 2.05) is 32.0 Å². The molecule has 0 fully saturated rings. The summed E-state index contributed by atoms with van der Waals surface area (Å²) in [6, 6.07) is 7.47. The van der Waals surface area contributed by atoms with Gasteiger partial charge in [-0.25, -0.2) is 14.5 Å². The maximum absolute atomic E-state index is 12.3. The van der Waals surface area contributed by atoms with Crippen LogP contribution in [0.1, 0.15) is 30.2 Å². The van der Waals surface area contributed by atoms with Crippen molar-refractivity contribution in [2.24, 2.45) is 0 Å². The predicted molar refractivity (Wildman–Crippen MR) is 95.7 cm³/mol. The Hall–Kier alpha value is -3.09. The molecule has 0 aliphatic carbocycles. The van der Waals surface area contributed by atoms with Crippen LogP contribution >= 0.6 is 0 Å². The molecule has 1 aliphatic rings. The van der Waals surface area contributed by atoms with Gasteiger partial charge in [-0.2, -0.15) is 5.10 Å². The molecular formula is C19H19N3O4. The van der Waals surface area contributed by atoms with Gasteiger partial charge in [-0.05, 0) is 38.1 Å². The van der Waals surface area contributed by atoms with Gasteiger partial charge in [0.15, 0.2) is 17.1 Å². The lowest BCUT2D eigenvalue weighted by molar-refractivity contribution is 0.0603. The normalized spacial score (nSPS) is 13.2. The summed E-state index contributed by atoms with van der Waals surface area (Å²) in [6.45, 7) is 5.08. The van der Waals surface area contributed by atoms with Gasteiger partial charge >= 0.3 is 5.97 Å². The molecule has 26 heavy (non-hydrogen) atoms. The molecule has 3 aromatic rings. The van der Waals surface area contributed by atoms with Crippen molar-refractivity contribution in [3.63, 3.8) is 0 Å². The zero-order valence-electron chi connectivity index (χ0n) is 14.9. The molecule has 0 atom stereocenters. The maximum Gasteiger partial charge on any atom is 0.338 e. The van der Waals surface area contributed by atoms with E-state index in [9.17, 15) is 4.79 Å². The van der Waals surface area contributed by atoms with Crippen LogP contribution in [0.15, 0.2) is 30.5 Å². The lowest BCUT2D eigenvalue weighted by atomic mass is 10.1. The van der Waals surface area contributed by atoms with Gasteiger partial charge in [0.25, 0.3) is 0 Å². The number of methoxy groups -OCH3 is 1. The Morgan fingerprint density at radius 3 is 2.69 bits per heavy atom. The predicted octanol–water partition coefficient (Wildman–Crippen LogP) is 3.24. The van der Waals surface area contributed by atoms with E-state index in [1.165, 1.54) is 7.11 Å². The van der Waals surface area contributed by atoms with E-state index in [0.29, 0.717) is 47.0 Å². The Labute approximate surface area is 150 Å². The second-order valence-corrected chi connectivity index (χ2v) is 6.33. The highest BCUT2D eigenvalue weighted by molar-refractivity contribution is 6.03. The zero-order chi connectivity index (χ0) is 18.3. The van der Waals surface area contributed by atoms with Crippen molar-refractivity contribution >= 4 is 17.0 Å². The van der Waals surface area contributed by atoms with Gasteiger partial charge in [-0.15, -0.1) is 0 Å². The van der Waals surface area contributed by atoms with Crippen LogP contribution in [0.4, 0.5) is 0 Å². The van der Waals surface area contributed by atoms with E-state index in [4.69, 9.17) is 19.2 Å². The molecule has 0 saturated heterocycles. The number of rotatable bonds is 3. The summed E-state index contributed by atoms with van der Waals surface area (Å²) in [5.41, 5.74) is 2.57. The van der Waals surface area contributed by atoms with Crippen LogP contribution < -0.4 is 9.47 Å². The monoisotopic (exact) mass is 353 g/mol. The minimum absolute atomic E-state index is 0.112. The average molecular weight is 353 g/mol. The van der Waals surface area contributed by atoms with Crippen molar-refractivity contribution in [1.82, 2.24) is 14.8 Å². The first-order valence-corrected chi connectivity index (χ1v) is 8.45. The maximum atomic E-state index is 12.3. The number of hydrogen-bond acceptors (Lipinski definition) is 6. The second kappa shape index (κ2) is 6.33. The third-order valence-electron chi connectivity index (χ3n) is 4.30. The molecule has 7 heteroatoms. The number of nitrogens with zero attached hydrogens (tertiary/aromatic N) is 3. The molecule has 7 nitrogen and oxygen atoms in total. The van der Waals surface area contributed by atoms with E-state index in [2.05, 4.69) is 5.10 Å². The van der Waals surface area contributed by atoms with Gasteiger partial charge in [0.2, 0.25) is 0 Å². The topological polar surface area (TPSA) is 75.5 Å². The lowest BCUT2D eigenvalue weighted by Crippen LogP contribution is -2.15. The molecule has 0 bridgehead atoms. The highest BCUT2D eigenvalue weighted by Gasteiger charge is 2.20. The van der Waals surface area contributed by atoms with Gasteiger partial charge in [-0.3, -0.25) is 0 Å². The van der Waals surface area contributed by atoms with Crippen LogP contribution in [-0.2, 0) is 4.74 Å². The van der Waals surface area contributed by atoms with E-state index in [-0.39, 0.29) is 6.04 Å². The van der Waals surface area contributed by atoms with Crippen LogP contribution in [-0.4, -0.2) is 41.1 Å². The summed E-state index contributed by atoms with van der Waals surface area (Å²) in [5.74, 6) is 0.966. The van der Waals surface area contributed by atoms with Gasteiger partial charge in [0, 0.05) is 11.6 Å². The fourth-order valence-corrected chi connectivity index (χ4v) is 3.03. The minimum atomic E-state index is -0.417. The molecule has 0 saturated carbocycles. The standard InChI is InChI=1S/C19H19N3O4/c1-11(2)22-18-14(10-20-22)13(19(23)24-3)9-15(21-18)12-4-5-16-17(8-12)26-7-6-25-16/h4-5,8-11H,6-7H2,1-3H3. The lowest BCUT2D eigenvalue weighted by Gasteiger charge is -2.19. The number of carbonyl (C=O) groups is 1. The van der Waals surface area contributed by atoms with Crippen LogP contribution in [0, 0.1) is 0 Å². The quantitative estimate of drug-likeness (QED) is 0.673. The first-order chi connectivity index (χ1) is 12.6. The average Bonchev–Trinajstić information content (AvgIpc) is 3.10. The summed E-state index contributed by atoms with van der Waals surface area (Å²) in [5, 5.41) is 5.05. The fraction of sp³-hybridized carbons (Fsp3) is 0.316. The number of aromatic nitrogens is 3. The van der Waals surface area contributed by atoms with Crippen molar-refractivity contribution in [1.29, 1.82) is 0 Å². The summed E-state index contributed by atoms with van der Waals surface area (Å²) in [4.78, 5) is 17.0. The van der Waals surface area contributed by atoms with E-state index in [1.54, 1.807) is 16.9 Å². The Morgan fingerprint density at radius 2 is 1.96 bits per heavy atom. The second-order valence-electron chi connectivity index (χ2n) is 6.33. The van der Waals surface area contributed by atoms with Crippen molar-refractivity contribution in [2.75, 3.05) is 20.3 Å². The van der Waals surface area contributed by atoms with Crippen LogP contribution in [0.3, 0.4) is 0 Å². The first kappa shape index (κ1) is 16.4. The minimum Gasteiger partial charge on any atom is -0.486 e. The zero-order valence-corrected chi connectivity index (χ0v) is 14.9. The molecule has 2 aromatic heterocycles. The molecule has 0 N–H and O–H groups in total. The Bertz CT molecular complexity index is 994.